The lowest BCUT2D eigenvalue weighted by atomic mass is 9.97. The van der Waals surface area contributed by atoms with Crippen molar-refractivity contribution < 1.29 is 64.3 Å². The molecule has 0 spiro atoms. The second-order valence-electron chi connectivity index (χ2n) is 16.8. The van der Waals surface area contributed by atoms with Crippen molar-refractivity contribution in [3.63, 3.8) is 0 Å². The lowest BCUT2D eigenvalue weighted by Crippen LogP contribution is -3.00. The van der Waals surface area contributed by atoms with Gasteiger partial charge in [0.25, 0.3) is 0 Å². The van der Waals surface area contributed by atoms with E-state index in [2.05, 4.69) is 26.1 Å². The molecule has 4 aromatic rings. The van der Waals surface area contributed by atoms with Gasteiger partial charge in [0.15, 0.2) is 11.6 Å². The van der Waals surface area contributed by atoms with E-state index in [1.54, 1.807) is 28.4 Å². The Hall–Kier alpha value is -5.11. The first-order valence-electron chi connectivity index (χ1n) is 24.3. The van der Waals surface area contributed by atoms with Gasteiger partial charge in [-0.2, -0.15) is 0 Å². The van der Waals surface area contributed by atoms with E-state index < -0.39 is 6.04 Å². The maximum Gasteiger partial charge on any atom is 0.220 e. The highest BCUT2D eigenvalue weighted by Gasteiger charge is 2.22. The summed E-state index contributed by atoms with van der Waals surface area (Å²) in [5.74, 6) is 4.12. The topological polar surface area (TPSA) is 145 Å². The third-order valence-electron chi connectivity index (χ3n) is 12.7. The molecule has 0 heterocycles. The summed E-state index contributed by atoms with van der Waals surface area (Å²) >= 11 is 0. The van der Waals surface area contributed by atoms with Crippen molar-refractivity contribution in [2.75, 3.05) is 67.8 Å². The van der Waals surface area contributed by atoms with Gasteiger partial charge in [0.05, 0.1) is 66.7 Å². The SMILES string of the molecule is CCC(=O)COc1ccc(C(N)c2ccc(OC)cc2OC)cc1.CCC(=O)COc1ccc(C(NC(=O)CCCCCCCCCC[N+](CC)(CC)CC)c2ccc(OC)cc2OC)cc1.[Br-]. The van der Waals surface area contributed by atoms with Gasteiger partial charge in [-0.1, -0.05) is 70.2 Å². The van der Waals surface area contributed by atoms with Crippen molar-refractivity contribution >= 4 is 17.5 Å². The van der Waals surface area contributed by atoms with Gasteiger partial charge < -0.3 is 60.9 Å². The Balaban J connectivity index is 0.000000535. The second kappa shape index (κ2) is 32.6. The maximum absolute atomic E-state index is 13.1. The van der Waals surface area contributed by atoms with Gasteiger partial charge in [-0.3, -0.25) is 14.4 Å². The van der Waals surface area contributed by atoms with Gasteiger partial charge in [-0.25, -0.2) is 0 Å². The normalized spacial score (nSPS) is 11.7. The molecular weight excluding hydrogens is 927 g/mol. The number of nitrogens with two attached hydrogens (primary N) is 1. The van der Waals surface area contributed by atoms with Gasteiger partial charge in [-0.15, -0.1) is 0 Å². The van der Waals surface area contributed by atoms with Crippen molar-refractivity contribution in [3.05, 3.63) is 107 Å². The Bertz CT molecular complexity index is 2050. The Kier molecular flexibility index (Phi) is 28.3. The number of nitrogens with one attached hydrogen (secondary N) is 1. The van der Waals surface area contributed by atoms with Crippen LogP contribution in [0.3, 0.4) is 0 Å². The van der Waals surface area contributed by atoms with Gasteiger partial charge >= 0.3 is 0 Å². The monoisotopic (exact) mass is 1010 g/mol. The van der Waals surface area contributed by atoms with Gasteiger partial charge in [-0.05, 0) is 99.7 Å². The Morgan fingerprint density at radius 3 is 1.38 bits per heavy atom. The number of carbonyl (C=O) groups excluding carboxylic acids is 3. The molecule has 0 aliphatic rings. The molecule has 4 aromatic carbocycles. The fraction of sp³-hybridized carbons (Fsp3) is 0.509. The van der Waals surface area contributed by atoms with E-state index in [0.29, 0.717) is 53.8 Å². The first-order chi connectivity index (χ1) is 32.4. The highest BCUT2D eigenvalue weighted by molar-refractivity contribution is 5.80. The summed E-state index contributed by atoms with van der Waals surface area (Å²) in [7, 11) is 6.45. The third kappa shape index (κ3) is 19.5. The van der Waals surface area contributed by atoms with Crippen molar-refractivity contribution in [1.29, 1.82) is 0 Å². The van der Waals surface area contributed by atoms with Gasteiger partial charge in [0, 0.05) is 42.5 Å². The van der Waals surface area contributed by atoms with E-state index in [1.807, 2.05) is 98.8 Å². The fourth-order valence-corrected chi connectivity index (χ4v) is 7.88. The largest absolute Gasteiger partial charge is 1.00 e. The van der Waals surface area contributed by atoms with E-state index >= 15 is 0 Å². The molecule has 2 unspecified atom stereocenters. The summed E-state index contributed by atoms with van der Waals surface area (Å²) < 4.78 is 34.0. The van der Waals surface area contributed by atoms with Crippen LogP contribution < -0.4 is 56.5 Å². The molecule has 0 bridgehead atoms. The highest BCUT2D eigenvalue weighted by atomic mass is 79.9. The first-order valence-corrected chi connectivity index (χ1v) is 24.3. The minimum absolute atomic E-state index is 0. The standard InChI is InChI=1S/C36H56N2O5.C19H23NO4.BrH/c1-7-30(39)28-43-31-22-20-29(21-23-31)36(33-25-24-32(41-5)27-34(33)42-6)37-35(40)19-17-15-13-11-12-14-16-18-26-38(8-2,9-3)10-4;1-4-14(21)12-24-15-7-5-13(6-8-15)19(20)17-10-9-16(22-2)11-18(17)23-3;/h20-25,27,36H,7-19,26,28H2,1-6H3;5-11,19H,4,12,20H2,1-3H3;1H. The average molecular weight is 1010 g/mol. The number of methoxy groups -OCH3 is 4. The second-order valence-corrected chi connectivity index (χ2v) is 16.8. The zero-order valence-electron chi connectivity index (χ0n) is 42.3. The minimum Gasteiger partial charge on any atom is -1.00 e. The molecule has 0 aliphatic heterocycles. The van der Waals surface area contributed by atoms with Gasteiger partial charge in [0.1, 0.15) is 47.7 Å². The van der Waals surface area contributed by atoms with Crippen molar-refractivity contribution in [1.82, 2.24) is 5.32 Å². The van der Waals surface area contributed by atoms with Crippen molar-refractivity contribution in [2.24, 2.45) is 5.73 Å². The van der Waals surface area contributed by atoms with Crippen molar-refractivity contribution in [2.45, 2.75) is 117 Å². The number of hydrogen-bond donors (Lipinski definition) is 2. The van der Waals surface area contributed by atoms with E-state index in [0.717, 1.165) is 35.1 Å². The van der Waals surface area contributed by atoms with Crippen LogP contribution in [0.2, 0.25) is 0 Å². The Morgan fingerprint density at radius 1 is 0.529 bits per heavy atom. The molecule has 0 saturated carbocycles. The van der Waals surface area contributed by atoms with Crippen LogP contribution >= 0.6 is 0 Å². The Labute approximate surface area is 417 Å². The number of halogens is 1. The lowest BCUT2D eigenvalue weighted by molar-refractivity contribution is -0.923. The van der Waals surface area contributed by atoms with Crippen LogP contribution in [0.15, 0.2) is 84.9 Å². The molecule has 68 heavy (non-hydrogen) atoms. The smallest absolute Gasteiger partial charge is 0.220 e. The number of benzene rings is 4. The zero-order chi connectivity index (χ0) is 49.0. The Morgan fingerprint density at radius 2 is 0.941 bits per heavy atom. The quantitative estimate of drug-likeness (QED) is 0.0379. The van der Waals surface area contributed by atoms with Crippen LogP contribution in [0.25, 0.3) is 0 Å². The van der Waals surface area contributed by atoms with Crippen LogP contribution in [0, 0.1) is 0 Å². The summed E-state index contributed by atoms with van der Waals surface area (Å²) in [5.41, 5.74) is 9.90. The number of Topliss-reactive ketones (excluding diaryl/α,β-unsaturated/α-hetero) is 2. The number of unbranched alkanes of at least 4 members (excludes halogenated alkanes) is 7. The van der Waals surface area contributed by atoms with E-state index in [9.17, 15) is 14.4 Å². The van der Waals surface area contributed by atoms with Crippen molar-refractivity contribution in [3.8, 4) is 34.5 Å². The van der Waals surface area contributed by atoms with E-state index in [4.69, 9.17) is 34.2 Å². The number of amides is 1. The molecule has 4 rings (SSSR count). The minimum atomic E-state index is -0.398. The number of nitrogens with zero attached hydrogens (tertiary/aromatic N) is 1. The van der Waals surface area contributed by atoms with Crippen LogP contribution in [0.4, 0.5) is 0 Å². The maximum atomic E-state index is 13.1. The molecule has 0 saturated heterocycles. The zero-order valence-corrected chi connectivity index (χ0v) is 43.9. The number of rotatable bonds is 31. The number of ether oxygens (including phenoxy) is 6. The number of hydrogen-bond acceptors (Lipinski definition) is 10. The third-order valence-corrected chi connectivity index (χ3v) is 12.7. The predicted molar refractivity (Wildman–Crippen MR) is 268 cm³/mol. The molecule has 0 aliphatic carbocycles. The molecule has 0 aromatic heterocycles. The number of carbonyl (C=O) groups is 3. The molecule has 2 atom stereocenters. The summed E-state index contributed by atoms with van der Waals surface area (Å²) in [4.78, 5) is 36.1. The fourth-order valence-electron chi connectivity index (χ4n) is 7.88. The molecule has 0 radical (unpaired) electrons. The van der Waals surface area contributed by atoms with Gasteiger partial charge in [0.2, 0.25) is 5.91 Å². The number of quaternary nitrogens is 1. The van der Waals surface area contributed by atoms with E-state index in [1.165, 1.54) is 69.2 Å². The molecule has 13 heteroatoms. The molecule has 3 N–H and O–H groups in total. The van der Waals surface area contributed by atoms with Crippen LogP contribution in [0.5, 0.6) is 34.5 Å². The molecule has 12 nitrogen and oxygen atoms in total. The first kappa shape index (κ1) is 59.0. The summed E-state index contributed by atoms with van der Waals surface area (Å²) in [6.07, 6.45) is 11.0. The highest BCUT2D eigenvalue weighted by Crippen LogP contribution is 2.35. The van der Waals surface area contributed by atoms with E-state index in [-0.39, 0.29) is 53.7 Å². The molecular formula is C55H80BrN3O9. The van der Waals surface area contributed by atoms with Crippen LogP contribution in [-0.2, 0) is 14.4 Å². The number of ketones is 2. The summed E-state index contributed by atoms with van der Waals surface area (Å²) in [6, 6.07) is 25.4. The molecule has 376 valence electrons. The van der Waals surface area contributed by atoms with Crippen LogP contribution in [0.1, 0.15) is 140 Å². The summed E-state index contributed by atoms with van der Waals surface area (Å²) in [5, 5.41) is 3.24. The summed E-state index contributed by atoms with van der Waals surface area (Å²) in [6.45, 7) is 15.7. The molecule has 1 amide bonds. The average Bonchev–Trinajstić information content (AvgIpc) is 3.38. The lowest BCUT2D eigenvalue weighted by Gasteiger charge is -2.35. The predicted octanol–water partition coefficient (Wildman–Crippen LogP) is 7.77. The van der Waals surface area contributed by atoms with Crippen LogP contribution in [-0.4, -0.2) is 89.8 Å². The molecule has 0 fully saturated rings.